The molecule has 0 aliphatic carbocycles. The van der Waals surface area contributed by atoms with Crippen LogP contribution in [0.1, 0.15) is 31.6 Å². The second-order valence-electron chi connectivity index (χ2n) is 7.28. The van der Waals surface area contributed by atoms with Gasteiger partial charge in [0.15, 0.2) is 12.5 Å². The first-order chi connectivity index (χ1) is 14.3. The van der Waals surface area contributed by atoms with Gasteiger partial charge in [0.1, 0.15) is 23.7 Å². The lowest BCUT2D eigenvalue weighted by Crippen LogP contribution is -2.60. The number of hydrogen-bond acceptors (Lipinski definition) is 5. The van der Waals surface area contributed by atoms with Crippen LogP contribution in [0.3, 0.4) is 0 Å². The molecule has 0 N–H and O–H groups in total. The van der Waals surface area contributed by atoms with E-state index in [1.54, 1.807) is 0 Å². The van der Waals surface area contributed by atoms with E-state index in [-0.39, 0.29) is 6.61 Å². The smallest absolute Gasteiger partial charge is 0.184 e. The molecule has 2 aromatic rings. The number of hydrogen-bond donors (Lipinski definition) is 0. The number of unbranched alkanes of at least 4 members (excludes halogenated alkanes) is 1. The van der Waals surface area contributed by atoms with Gasteiger partial charge >= 0.3 is 0 Å². The fourth-order valence-electron chi connectivity index (χ4n) is 3.58. The van der Waals surface area contributed by atoms with Crippen molar-refractivity contribution in [3.8, 4) is 0 Å². The van der Waals surface area contributed by atoms with Crippen LogP contribution in [0.4, 0.5) is 4.39 Å². The van der Waals surface area contributed by atoms with Crippen LogP contribution in [0.2, 0.25) is 0 Å². The lowest BCUT2D eigenvalue weighted by molar-refractivity contribution is -0.313. The minimum Gasteiger partial charge on any atom is -0.371 e. The topological polar surface area (TPSA) is 36.9 Å². The Hall–Kier alpha value is -1.44. The van der Waals surface area contributed by atoms with Gasteiger partial charge in [0.05, 0.1) is 6.61 Å². The number of ether oxygens (including phenoxy) is 4. The average molecular weight is 419 g/mol. The van der Waals surface area contributed by atoms with E-state index in [9.17, 15) is 0 Å². The maximum Gasteiger partial charge on any atom is 0.184 e. The molecular weight excluding hydrogens is 391 g/mol. The van der Waals surface area contributed by atoms with Crippen molar-refractivity contribution in [2.45, 2.75) is 60.9 Å². The van der Waals surface area contributed by atoms with Crippen LogP contribution in [0.15, 0.2) is 65.6 Å². The number of thioether (sulfide) groups is 1. The van der Waals surface area contributed by atoms with Crippen molar-refractivity contribution >= 4 is 11.8 Å². The lowest BCUT2D eigenvalue weighted by atomic mass is 10.00. The SMILES string of the molecule is CCCCO[C@H]1[C@@H](F)[C@@H]2OC(c3ccccc3)OC[C@H]2O[C@@H]1Sc1ccccc1. The van der Waals surface area contributed by atoms with Gasteiger partial charge < -0.3 is 18.9 Å². The maximum atomic E-state index is 15.7. The highest BCUT2D eigenvalue weighted by Crippen LogP contribution is 2.41. The molecule has 2 aliphatic rings. The van der Waals surface area contributed by atoms with Gasteiger partial charge in [-0.25, -0.2) is 4.39 Å². The lowest BCUT2D eigenvalue weighted by Gasteiger charge is -2.46. The Morgan fingerprint density at radius 3 is 2.48 bits per heavy atom. The normalized spacial score (nSPS) is 31.9. The molecule has 156 valence electrons. The van der Waals surface area contributed by atoms with E-state index in [2.05, 4.69) is 6.92 Å². The van der Waals surface area contributed by atoms with Gasteiger partial charge in [-0.1, -0.05) is 73.6 Å². The molecule has 2 aliphatic heterocycles. The summed E-state index contributed by atoms with van der Waals surface area (Å²) in [7, 11) is 0. The third-order valence-electron chi connectivity index (χ3n) is 5.14. The summed E-state index contributed by atoms with van der Waals surface area (Å²) in [6.07, 6.45) is -1.87. The number of benzene rings is 2. The molecule has 0 radical (unpaired) electrons. The van der Waals surface area contributed by atoms with E-state index >= 15 is 4.39 Å². The van der Waals surface area contributed by atoms with Gasteiger partial charge in [-0.15, -0.1) is 0 Å². The Kier molecular flexibility index (Phi) is 7.21. The number of fused-ring (bicyclic) bond motifs is 1. The Morgan fingerprint density at radius 2 is 1.76 bits per heavy atom. The van der Waals surface area contributed by atoms with E-state index in [1.807, 2.05) is 60.7 Å². The van der Waals surface area contributed by atoms with Crippen LogP contribution in [0, 0.1) is 0 Å². The fourth-order valence-corrected chi connectivity index (χ4v) is 4.72. The van der Waals surface area contributed by atoms with Crippen LogP contribution >= 0.6 is 11.8 Å². The van der Waals surface area contributed by atoms with E-state index in [0.29, 0.717) is 6.61 Å². The van der Waals surface area contributed by atoms with Crippen molar-refractivity contribution in [2.75, 3.05) is 13.2 Å². The Balaban J connectivity index is 1.49. The second-order valence-corrected chi connectivity index (χ2v) is 8.46. The van der Waals surface area contributed by atoms with Crippen LogP contribution in [-0.2, 0) is 18.9 Å². The summed E-state index contributed by atoms with van der Waals surface area (Å²) in [5.41, 5.74) is 0.424. The molecule has 1 unspecified atom stereocenters. The van der Waals surface area contributed by atoms with Crippen molar-refractivity contribution < 1.29 is 23.3 Å². The summed E-state index contributed by atoms with van der Waals surface area (Å²) < 4.78 is 39.7. The number of halogens is 1. The quantitative estimate of drug-likeness (QED) is 0.582. The zero-order chi connectivity index (χ0) is 20.1. The molecule has 2 saturated heterocycles. The van der Waals surface area contributed by atoms with Gasteiger partial charge in [0, 0.05) is 17.1 Å². The van der Waals surface area contributed by atoms with E-state index in [0.717, 1.165) is 23.3 Å². The predicted molar refractivity (Wildman–Crippen MR) is 111 cm³/mol. The van der Waals surface area contributed by atoms with Crippen molar-refractivity contribution in [2.24, 2.45) is 0 Å². The first kappa shape index (κ1) is 20.8. The summed E-state index contributed by atoms with van der Waals surface area (Å²) in [4.78, 5) is 1.02. The molecule has 0 saturated carbocycles. The summed E-state index contributed by atoms with van der Waals surface area (Å²) >= 11 is 1.49. The fraction of sp³-hybridized carbons (Fsp3) is 0.478. The molecule has 2 aromatic carbocycles. The van der Waals surface area contributed by atoms with Crippen molar-refractivity contribution in [3.63, 3.8) is 0 Å². The van der Waals surface area contributed by atoms with Gasteiger partial charge in [-0.3, -0.25) is 0 Å². The first-order valence-electron chi connectivity index (χ1n) is 10.2. The van der Waals surface area contributed by atoms with Crippen molar-refractivity contribution in [3.05, 3.63) is 66.2 Å². The van der Waals surface area contributed by atoms with Gasteiger partial charge in [0.2, 0.25) is 0 Å². The molecule has 2 heterocycles. The molecule has 0 aromatic heterocycles. The molecule has 4 rings (SSSR count). The predicted octanol–water partition coefficient (Wildman–Crippen LogP) is 5.14. The van der Waals surface area contributed by atoms with Gasteiger partial charge in [-0.05, 0) is 18.6 Å². The van der Waals surface area contributed by atoms with E-state index in [1.165, 1.54) is 11.8 Å². The molecule has 0 bridgehead atoms. The largest absolute Gasteiger partial charge is 0.371 e. The molecule has 6 heteroatoms. The van der Waals surface area contributed by atoms with E-state index in [4.69, 9.17) is 18.9 Å². The number of alkyl halides is 1. The minimum atomic E-state index is -1.29. The van der Waals surface area contributed by atoms with Crippen LogP contribution in [-0.4, -0.2) is 43.1 Å². The third-order valence-corrected chi connectivity index (χ3v) is 6.30. The highest BCUT2D eigenvalue weighted by molar-refractivity contribution is 7.99. The van der Waals surface area contributed by atoms with Crippen molar-refractivity contribution in [1.82, 2.24) is 0 Å². The Labute approximate surface area is 175 Å². The zero-order valence-electron chi connectivity index (χ0n) is 16.5. The third kappa shape index (κ3) is 5.01. The molecule has 29 heavy (non-hydrogen) atoms. The summed E-state index contributed by atoms with van der Waals surface area (Å²) in [5.74, 6) is 0. The average Bonchev–Trinajstić information content (AvgIpc) is 2.77. The van der Waals surface area contributed by atoms with Gasteiger partial charge in [0.25, 0.3) is 0 Å². The molecule has 0 amide bonds. The Bertz CT molecular complexity index is 747. The zero-order valence-corrected chi connectivity index (χ0v) is 17.3. The van der Waals surface area contributed by atoms with Crippen molar-refractivity contribution in [1.29, 1.82) is 0 Å². The molecule has 0 spiro atoms. The monoisotopic (exact) mass is 418 g/mol. The standard InChI is InChI=1S/C23H27FO4S/c1-2-3-14-25-21-19(24)20-18(27-23(21)29-17-12-8-5-9-13-17)15-26-22(28-20)16-10-6-4-7-11-16/h4-13,18-23H,2-3,14-15H2,1H3/t18-,19+,20-,21+,22?,23-/m1/s1. The summed E-state index contributed by atoms with van der Waals surface area (Å²) in [5, 5.41) is 0. The first-order valence-corrected chi connectivity index (χ1v) is 11.1. The summed E-state index contributed by atoms with van der Waals surface area (Å²) in [6.45, 7) is 2.89. The maximum absolute atomic E-state index is 15.7. The van der Waals surface area contributed by atoms with Crippen LogP contribution in [0.5, 0.6) is 0 Å². The van der Waals surface area contributed by atoms with Crippen LogP contribution < -0.4 is 0 Å². The number of rotatable bonds is 7. The highest BCUT2D eigenvalue weighted by Gasteiger charge is 2.51. The van der Waals surface area contributed by atoms with Gasteiger partial charge in [-0.2, -0.15) is 0 Å². The molecule has 4 nitrogen and oxygen atoms in total. The van der Waals surface area contributed by atoms with Crippen LogP contribution in [0.25, 0.3) is 0 Å². The Morgan fingerprint density at radius 1 is 1.03 bits per heavy atom. The minimum absolute atomic E-state index is 0.290. The summed E-state index contributed by atoms with van der Waals surface area (Å²) in [6, 6.07) is 19.5. The second kappa shape index (κ2) is 10.0. The molecule has 2 fully saturated rings. The molecular formula is C23H27FO4S. The van der Waals surface area contributed by atoms with E-state index < -0.39 is 36.2 Å². The molecule has 6 atom stereocenters. The highest BCUT2D eigenvalue weighted by atomic mass is 32.2.